The number of thiazole rings is 2. The van der Waals surface area contributed by atoms with Gasteiger partial charge in [-0.3, -0.25) is 19.2 Å². The van der Waals surface area contributed by atoms with Crippen molar-refractivity contribution in [2.45, 2.75) is 110 Å². The lowest BCUT2D eigenvalue weighted by Crippen LogP contribution is -2.48. The number of aryl methyl sites for hydroxylation is 2. The van der Waals surface area contributed by atoms with Crippen LogP contribution in [0.1, 0.15) is 92.0 Å². The van der Waals surface area contributed by atoms with Crippen LogP contribution in [0.4, 0.5) is 0 Å². The molecule has 2 fully saturated rings. The van der Waals surface area contributed by atoms with Crippen molar-refractivity contribution in [2.24, 2.45) is 11.8 Å². The Balaban J connectivity index is 0.916. The standard InChI is InChI=1S/C52H60N8O6S2/c1-30(2)45(36-10-8-7-9-11-36)51(64)60-26-40(21-43(60)50(63)55-23-35-14-18-38(19-15-35)48-33(6)57-29-68-48)66-27-44-53-24-41(58-44)46(31(3)4)52(65)59-25-39(61)20-42(59)49(62)54-22-34-12-16-37(17-13-34)47-32(5)56-28-67-47/h7-19,24,28-31,39-40,42-43,45-46,61H,20-23,25-27H2,1-6H3,(H,53,58)(H,54,62)(H,55,63)/t39-,40-,42+,43+,45-,46-/m1/s1. The molecule has 8 rings (SSSR count). The molecule has 0 spiro atoms. The highest BCUT2D eigenvalue weighted by Crippen LogP contribution is 2.34. The molecule has 16 heteroatoms. The number of aromatic amines is 1. The van der Waals surface area contributed by atoms with E-state index >= 15 is 0 Å². The van der Waals surface area contributed by atoms with Gasteiger partial charge in [0, 0.05) is 50.9 Å². The molecule has 2 aliphatic rings. The van der Waals surface area contributed by atoms with Crippen molar-refractivity contribution in [3.63, 3.8) is 0 Å². The lowest BCUT2D eigenvalue weighted by atomic mass is 9.87. The monoisotopic (exact) mass is 956 g/mol. The normalized spacial score (nSPS) is 19.1. The molecular weight excluding hydrogens is 897 g/mol. The number of hydrogen-bond donors (Lipinski definition) is 4. The Kier molecular flexibility index (Phi) is 15.3. The SMILES string of the molecule is Cc1ncsc1-c1ccc(CNC(=O)[C@@H]2C[C@@H](OCc3ncc([C@H](C(=O)N4C[C@H](O)C[C@H]4C(=O)NCc4ccc(-c5scnc5C)cc4)C(C)C)[nH]3)CN2C(=O)[C@@H](c2ccccc2)C(C)C)cc1. The molecule has 2 saturated heterocycles. The molecule has 356 valence electrons. The molecule has 0 unspecified atom stereocenters. The predicted octanol–water partition coefficient (Wildman–Crippen LogP) is 7.53. The maximum atomic E-state index is 14.5. The number of nitrogens with zero attached hydrogens (tertiary/aromatic N) is 5. The molecular formula is C52H60N8O6S2. The Morgan fingerprint density at radius 1 is 0.706 bits per heavy atom. The Morgan fingerprint density at radius 3 is 1.74 bits per heavy atom. The number of amides is 4. The van der Waals surface area contributed by atoms with Crippen LogP contribution >= 0.6 is 22.7 Å². The molecule has 6 aromatic rings. The van der Waals surface area contributed by atoms with E-state index in [1.807, 2.05) is 131 Å². The first kappa shape index (κ1) is 48.4. The Bertz CT molecular complexity index is 2680. The summed E-state index contributed by atoms with van der Waals surface area (Å²) in [6, 6.07) is 24.1. The van der Waals surface area contributed by atoms with Crippen molar-refractivity contribution in [3.8, 4) is 20.9 Å². The highest BCUT2D eigenvalue weighted by molar-refractivity contribution is 7.13. The molecule has 4 amide bonds. The average molecular weight is 957 g/mol. The first-order valence-corrected chi connectivity index (χ1v) is 25.0. The van der Waals surface area contributed by atoms with Crippen LogP contribution in [-0.4, -0.2) is 95.9 Å². The van der Waals surface area contributed by atoms with Crippen LogP contribution in [0.15, 0.2) is 96.1 Å². The number of nitrogens with one attached hydrogen (secondary N) is 3. The lowest BCUT2D eigenvalue weighted by Gasteiger charge is -2.30. The van der Waals surface area contributed by atoms with E-state index < -0.39 is 36.1 Å². The Labute approximate surface area is 405 Å². The van der Waals surface area contributed by atoms with Crippen molar-refractivity contribution < 1.29 is 29.0 Å². The summed E-state index contributed by atoms with van der Waals surface area (Å²) >= 11 is 3.17. The summed E-state index contributed by atoms with van der Waals surface area (Å²) in [6.45, 7) is 12.8. The second-order valence-electron chi connectivity index (χ2n) is 18.6. The number of β-amino-alcohol motifs (C(OH)–C–C–N with tert-alkyl or cyclic N) is 1. The van der Waals surface area contributed by atoms with Gasteiger partial charge in [0.15, 0.2) is 0 Å². The largest absolute Gasteiger partial charge is 0.391 e. The van der Waals surface area contributed by atoms with Crippen molar-refractivity contribution >= 4 is 46.3 Å². The fraction of sp³-hybridized carbons (Fsp3) is 0.404. The fourth-order valence-corrected chi connectivity index (χ4v) is 11.1. The van der Waals surface area contributed by atoms with E-state index in [0.717, 1.165) is 49.0 Å². The van der Waals surface area contributed by atoms with Crippen LogP contribution in [0.3, 0.4) is 0 Å². The number of aromatic nitrogens is 4. The van der Waals surface area contributed by atoms with Crippen molar-refractivity contribution in [1.82, 2.24) is 40.4 Å². The minimum absolute atomic E-state index is 0.0245. The Hall–Kier alpha value is -6.07. The number of imidazole rings is 1. The van der Waals surface area contributed by atoms with Crippen LogP contribution in [0.2, 0.25) is 0 Å². The number of H-pyrrole nitrogens is 1. The van der Waals surface area contributed by atoms with Gasteiger partial charge in [-0.05, 0) is 53.5 Å². The smallest absolute Gasteiger partial charge is 0.243 e. The number of carbonyl (C=O) groups excluding carboxylic acids is 4. The number of rotatable bonds is 17. The number of benzene rings is 3. The molecule has 0 bridgehead atoms. The van der Waals surface area contributed by atoms with Gasteiger partial charge < -0.3 is 35.3 Å². The molecule has 14 nitrogen and oxygen atoms in total. The van der Waals surface area contributed by atoms with Gasteiger partial charge in [-0.25, -0.2) is 15.0 Å². The van der Waals surface area contributed by atoms with Gasteiger partial charge in [0.1, 0.15) is 24.5 Å². The molecule has 3 aromatic carbocycles. The molecule has 2 aliphatic heterocycles. The van der Waals surface area contributed by atoms with E-state index in [1.54, 1.807) is 33.8 Å². The van der Waals surface area contributed by atoms with Gasteiger partial charge in [-0.1, -0.05) is 107 Å². The molecule has 68 heavy (non-hydrogen) atoms. The molecule has 4 N–H and O–H groups in total. The third-order valence-corrected chi connectivity index (χ3v) is 15.0. The summed E-state index contributed by atoms with van der Waals surface area (Å²) < 4.78 is 6.43. The van der Waals surface area contributed by atoms with Crippen LogP contribution in [0, 0.1) is 25.7 Å². The molecule has 0 saturated carbocycles. The number of aliphatic hydroxyl groups excluding tert-OH is 1. The highest BCUT2D eigenvalue weighted by atomic mass is 32.1. The van der Waals surface area contributed by atoms with Crippen LogP contribution in [0.25, 0.3) is 20.9 Å². The zero-order valence-electron chi connectivity index (χ0n) is 39.3. The lowest BCUT2D eigenvalue weighted by molar-refractivity contribution is -0.140. The zero-order valence-corrected chi connectivity index (χ0v) is 41.0. The van der Waals surface area contributed by atoms with Crippen LogP contribution < -0.4 is 10.6 Å². The first-order chi connectivity index (χ1) is 32.7. The number of aliphatic hydroxyl groups is 1. The first-order valence-electron chi connectivity index (χ1n) is 23.3. The number of likely N-dealkylation sites (tertiary alicyclic amines) is 2. The third-order valence-electron chi connectivity index (χ3n) is 13.0. The predicted molar refractivity (Wildman–Crippen MR) is 263 cm³/mol. The summed E-state index contributed by atoms with van der Waals surface area (Å²) in [4.78, 5) is 78.6. The fourth-order valence-electron chi connectivity index (χ4n) is 9.45. The number of ether oxygens (including phenoxy) is 1. The second-order valence-corrected chi connectivity index (χ2v) is 20.3. The average Bonchev–Trinajstić information content (AvgIpc) is 4.20. The third kappa shape index (κ3) is 10.9. The number of hydrogen-bond acceptors (Lipinski definition) is 11. The summed E-state index contributed by atoms with van der Waals surface area (Å²) in [5.41, 5.74) is 11.0. The highest BCUT2D eigenvalue weighted by Gasteiger charge is 2.44. The summed E-state index contributed by atoms with van der Waals surface area (Å²) in [5, 5.41) is 16.8. The van der Waals surface area contributed by atoms with Crippen molar-refractivity contribution in [1.29, 1.82) is 0 Å². The summed E-state index contributed by atoms with van der Waals surface area (Å²) in [7, 11) is 0. The topological polar surface area (TPSA) is 183 Å². The van der Waals surface area contributed by atoms with Crippen molar-refractivity contribution in [3.05, 3.63) is 136 Å². The van der Waals surface area contributed by atoms with Crippen LogP contribution in [-0.2, 0) is 43.6 Å². The Morgan fingerprint density at radius 2 is 1.22 bits per heavy atom. The van der Waals surface area contributed by atoms with E-state index in [1.165, 1.54) is 4.90 Å². The molecule has 6 atom stereocenters. The van der Waals surface area contributed by atoms with Gasteiger partial charge in [-0.2, -0.15) is 0 Å². The van der Waals surface area contributed by atoms with Gasteiger partial charge in [0.25, 0.3) is 0 Å². The molecule has 0 radical (unpaired) electrons. The maximum absolute atomic E-state index is 14.5. The maximum Gasteiger partial charge on any atom is 0.243 e. The zero-order chi connectivity index (χ0) is 48.1. The molecule has 3 aromatic heterocycles. The van der Waals surface area contributed by atoms with E-state index in [4.69, 9.17) is 4.74 Å². The summed E-state index contributed by atoms with van der Waals surface area (Å²) in [6.07, 6.45) is 0.743. The summed E-state index contributed by atoms with van der Waals surface area (Å²) in [5.74, 6) is -1.83. The van der Waals surface area contributed by atoms with Gasteiger partial charge in [0.2, 0.25) is 23.6 Å². The minimum atomic E-state index is -0.840. The van der Waals surface area contributed by atoms with Gasteiger partial charge >= 0.3 is 0 Å². The van der Waals surface area contributed by atoms with E-state index in [9.17, 15) is 24.3 Å². The van der Waals surface area contributed by atoms with Crippen molar-refractivity contribution in [2.75, 3.05) is 13.1 Å². The van der Waals surface area contributed by atoms with Gasteiger partial charge in [-0.15, -0.1) is 22.7 Å². The van der Waals surface area contributed by atoms with E-state index in [2.05, 4.69) is 30.6 Å². The quantitative estimate of drug-likeness (QED) is 0.0718. The number of carbonyl (C=O) groups is 4. The second kappa shape index (κ2) is 21.5. The molecule has 5 heterocycles. The van der Waals surface area contributed by atoms with Gasteiger partial charge in [0.05, 0.1) is 56.2 Å². The minimum Gasteiger partial charge on any atom is -0.391 e. The molecule has 0 aliphatic carbocycles. The van der Waals surface area contributed by atoms with E-state index in [-0.39, 0.29) is 68.1 Å². The van der Waals surface area contributed by atoms with Crippen LogP contribution in [0.5, 0.6) is 0 Å². The van der Waals surface area contributed by atoms with E-state index in [0.29, 0.717) is 24.5 Å².